The Kier molecular flexibility index (Phi) is 4.06. The molecule has 0 radical (unpaired) electrons. The lowest BCUT2D eigenvalue weighted by Crippen LogP contribution is -2.37. The van der Waals surface area contributed by atoms with Gasteiger partial charge in [0.1, 0.15) is 5.82 Å². The highest BCUT2D eigenvalue weighted by Gasteiger charge is 2.51. The van der Waals surface area contributed by atoms with E-state index in [-0.39, 0.29) is 18.3 Å². The molecule has 1 aromatic heterocycles. The SMILES string of the molecule is O=C(NC[C@@H](O)c1csc2ccccc12)C1(c2ccc(F)cc2)CC1. The number of benzene rings is 2. The molecule has 2 N–H and O–H groups in total. The van der Waals surface area contributed by atoms with Gasteiger partial charge >= 0.3 is 0 Å². The predicted molar refractivity (Wildman–Crippen MR) is 97.1 cm³/mol. The number of carbonyl (C=O) groups is 1. The molecule has 0 bridgehead atoms. The molecule has 0 unspecified atom stereocenters. The first-order valence-electron chi connectivity index (χ1n) is 8.29. The summed E-state index contributed by atoms with van der Waals surface area (Å²) in [6.07, 6.45) is 0.758. The van der Waals surface area contributed by atoms with Crippen LogP contribution in [-0.4, -0.2) is 17.6 Å². The first-order valence-corrected chi connectivity index (χ1v) is 9.17. The van der Waals surface area contributed by atoms with Crippen LogP contribution >= 0.6 is 11.3 Å². The highest BCUT2D eigenvalue weighted by molar-refractivity contribution is 7.17. The zero-order chi connectivity index (χ0) is 17.4. The quantitative estimate of drug-likeness (QED) is 0.729. The highest BCUT2D eigenvalue weighted by Crippen LogP contribution is 2.48. The number of hydrogen-bond donors (Lipinski definition) is 2. The van der Waals surface area contributed by atoms with Crippen molar-refractivity contribution < 1.29 is 14.3 Å². The van der Waals surface area contributed by atoms with Crippen LogP contribution in [0.15, 0.2) is 53.9 Å². The molecule has 1 aliphatic carbocycles. The molecule has 4 rings (SSSR count). The van der Waals surface area contributed by atoms with Gasteiger partial charge in [-0.1, -0.05) is 30.3 Å². The van der Waals surface area contributed by atoms with E-state index >= 15 is 0 Å². The molecule has 0 aliphatic heterocycles. The third kappa shape index (κ3) is 2.94. The molecule has 3 aromatic rings. The van der Waals surface area contributed by atoms with Crippen LogP contribution in [0, 0.1) is 5.82 Å². The van der Waals surface area contributed by atoms with Crippen molar-refractivity contribution in [3.05, 3.63) is 70.9 Å². The molecule has 1 fully saturated rings. The van der Waals surface area contributed by atoms with Crippen molar-refractivity contribution in [3.8, 4) is 0 Å². The molecule has 1 saturated carbocycles. The Labute approximate surface area is 149 Å². The highest BCUT2D eigenvalue weighted by atomic mass is 32.1. The number of halogens is 1. The van der Waals surface area contributed by atoms with E-state index in [0.29, 0.717) is 0 Å². The standard InChI is InChI=1S/C20H18FNO2S/c21-14-7-5-13(6-8-14)20(9-10-20)19(24)22-11-17(23)16-12-25-18-4-2-1-3-15(16)18/h1-8,12,17,23H,9-11H2,(H,22,24)/t17-/m1/s1. The minimum atomic E-state index is -0.746. The number of aliphatic hydroxyl groups excluding tert-OH is 1. The molecule has 1 aliphatic rings. The number of nitrogens with one attached hydrogen (secondary N) is 1. The zero-order valence-electron chi connectivity index (χ0n) is 13.5. The minimum Gasteiger partial charge on any atom is -0.387 e. The smallest absolute Gasteiger partial charge is 0.230 e. The van der Waals surface area contributed by atoms with Crippen LogP contribution in [0.25, 0.3) is 10.1 Å². The Hall–Kier alpha value is -2.24. The van der Waals surface area contributed by atoms with Gasteiger partial charge in [0.15, 0.2) is 0 Å². The van der Waals surface area contributed by atoms with Gasteiger partial charge in [0.2, 0.25) is 5.91 Å². The molecule has 25 heavy (non-hydrogen) atoms. The molecule has 0 spiro atoms. The average Bonchev–Trinajstić information content (AvgIpc) is 3.33. The lowest BCUT2D eigenvalue weighted by molar-refractivity contribution is -0.124. The monoisotopic (exact) mass is 355 g/mol. The minimum absolute atomic E-state index is 0.0994. The second-order valence-corrected chi connectivity index (χ2v) is 7.41. The summed E-state index contributed by atoms with van der Waals surface area (Å²) >= 11 is 1.58. The molecule has 1 atom stereocenters. The molecule has 1 amide bonds. The van der Waals surface area contributed by atoms with E-state index in [1.54, 1.807) is 23.5 Å². The Balaban J connectivity index is 1.46. The summed E-state index contributed by atoms with van der Waals surface area (Å²) in [5.41, 5.74) is 1.11. The van der Waals surface area contributed by atoms with Gasteiger partial charge in [-0.3, -0.25) is 4.79 Å². The Morgan fingerprint density at radius 1 is 1.20 bits per heavy atom. The largest absolute Gasteiger partial charge is 0.387 e. The summed E-state index contributed by atoms with van der Waals surface area (Å²) in [5.74, 6) is -0.405. The summed E-state index contributed by atoms with van der Waals surface area (Å²) in [4.78, 5) is 12.6. The number of rotatable bonds is 5. The maximum Gasteiger partial charge on any atom is 0.230 e. The maximum absolute atomic E-state index is 13.1. The molecule has 0 saturated heterocycles. The van der Waals surface area contributed by atoms with Crippen LogP contribution in [0.2, 0.25) is 0 Å². The lowest BCUT2D eigenvalue weighted by atomic mass is 9.95. The van der Waals surface area contributed by atoms with E-state index in [9.17, 15) is 14.3 Å². The van der Waals surface area contributed by atoms with Crippen molar-refractivity contribution in [1.82, 2.24) is 5.32 Å². The van der Waals surface area contributed by atoms with Crippen molar-refractivity contribution in [3.63, 3.8) is 0 Å². The molecular weight excluding hydrogens is 337 g/mol. The van der Waals surface area contributed by atoms with Crippen molar-refractivity contribution >= 4 is 27.3 Å². The number of fused-ring (bicyclic) bond motifs is 1. The van der Waals surface area contributed by atoms with Crippen LogP contribution in [0.5, 0.6) is 0 Å². The van der Waals surface area contributed by atoms with Crippen LogP contribution in [0.3, 0.4) is 0 Å². The van der Waals surface area contributed by atoms with Gasteiger partial charge in [0, 0.05) is 16.8 Å². The second-order valence-electron chi connectivity index (χ2n) is 6.50. The predicted octanol–water partition coefficient (Wildman–Crippen LogP) is 3.92. The fourth-order valence-electron chi connectivity index (χ4n) is 3.27. The van der Waals surface area contributed by atoms with Gasteiger partial charge in [-0.25, -0.2) is 4.39 Å². The molecule has 3 nitrogen and oxygen atoms in total. The van der Waals surface area contributed by atoms with Gasteiger partial charge < -0.3 is 10.4 Å². The summed E-state index contributed by atoms with van der Waals surface area (Å²) in [7, 11) is 0. The van der Waals surface area contributed by atoms with Crippen LogP contribution in [0.4, 0.5) is 4.39 Å². The fourth-order valence-corrected chi connectivity index (χ4v) is 4.27. The molecule has 2 aromatic carbocycles. The molecule has 128 valence electrons. The van der Waals surface area contributed by atoms with Gasteiger partial charge in [-0.2, -0.15) is 0 Å². The van der Waals surface area contributed by atoms with E-state index in [1.165, 1.54) is 12.1 Å². The summed E-state index contributed by atoms with van der Waals surface area (Å²) in [5, 5.41) is 16.3. The Bertz CT molecular complexity index is 915. The summed E-state index contributed by atoms with van der Waals surface area (Å²) in [6.45, 7) is 0.169. The van der Waals surface area contributed by atoms with Gasteiger partial charge in [-0.05, 0) is 47.4 Å². The van der Waals surface area contributed by atoms with E-state index in [0.717, 1.165) is 34.1 Å². The lowest BCUT2D eigenvalue weighted by Gasteiger charge is -2.18. The van der Waals surface area contributed by atoms with Gasteiger partial charge in [-0.15, -0.1) is 11.3 Å². The second kappa shape index (κ2) is 6.24. The van der Waals surface area contributed by atoms with Crippen molar-refractivity contribution in [2.75, 3.05) is 6.54 Å². The number of amides is 1. The van der Waals surface area contributed by atoms with Gasteiger partial charge in [0.25, 0.3) is 0 Å². The Morgan fingerprint density at radius 2 is 1.92 bits per heavy atom. The number of carbonyl (C=O) groups excluding carboxylic acids is 1. The molecule has 1 heterocycles. The number of aliphatic hydroxyl groups is 1. The van der Waals surface area contributed by atoms with Crippen LogP contribution in [-0.2, 0) is 10.2 Å². The number of hydrogen-bond acceptors (Lipinski definition) is 3. The molecule has 5 heteroatoms. The zero-order valence-corrected chi connectivity index (χ0v) is 14.4. The third-order valence-corrected chi connectivity index (χ3v) is 5.89. The normalized spacial score (nSPS) is 16.6. The topological polar surface area (TPSA) is 49.3 Å². The van der Waals surface area contributed by atoms with Crippen molar-refractivity contribution in [2.45, 2.75) is 24.4 Å². The van der Waals surface area contributed by atoms with Crippen molar-refractivity contribution in [1.29, 1.82) is 0 Å². The van der Waals surface area contributed by atoms with E-state index in [2.05, 4.69) is 5.32 Å². The van der Waals surface area contributed by atoms with Gasteiger partial charge in [0.05, 0.1) is 11.5 Å². The first-order chi connectivity index (χ1) is 12.1. The Morgan fingerprint density at radius 3 is 2.64 bits per heavy atom. The van der Waals surface area contributed by atoms with E-state index in [4.69, 9.17) is 0 Å². The van der Waals surface area contributed by atoms with Crippen LogP contribution < -0.4 is 5.32 Å². The summed E-state index contributed by atoms with van der Waals surface area (Å²) < 4.78 is 14.2. The van der Waals surface area contributed by atoms with E-state index in [1.807, 2.05) is 29.6 Å². The average molecular weight is 355 g/mol. The number of thiophene rings is 1. The summed E-state index contributed by atoms with van der Waals surface area (Å²) in [6, 6.07) is 14.0. The fraction of sp³-hybridized carbons (Fsp3) is 0.250. The molecular formula is C20H18FNO2S. The van der Waals surface area contributed by atoms with E-state index < -0.39 is 11.5 Å². The third-order valence-electron chi connectivity index (χ3n) is 4.91. The van der Waals surface area contributed by atoms with Crippen LogP contribution in [0.1, 0.15) is 30.1 Å². The van der Waals surface area contributed by atoms with Crippen molar-refractivity contribution in [2.24, 2.45) is 0 Å². The first kappa shape index (κ1) is 16.2. The maximum atomic E-state index is 13.1.